The normalized spacial score (nSPS) is 28.6. The first-order valence-corrected chi connectivity index (χ1v) is 6.14. The van der Waals surface area contributed by atoms with E-state index in [1.165, 1.54) is 17.0 Å². The van der Waals surface area contributed by atoms with Gasteiger partial charge >= 0.3 is 0 Å². The van der Waals surface area contributed by atoms with Gasteiger partial charge in [0.25, 0.3) is 0 Å². The molecule has 0 aromatic carbocycles. The largest absolute Gasteiger partial charge is 0.322 e. The van der Waals surface area contributed by atoms with Gasteiger partial charge in [-0.1, -0.05) is 13.8 Å². The minimum absolute atomic E-state index is 0.0908. The van der Waals surface area contributed by atoms with Gasteiger partial charge in [0.1, 0.15) is 5.01 Å². The van der Waals surface area contributed by atoms with Gasteiger partial charge in [0.15, 0.2) is 0 Å². The van der Waals surface area contributed by atoms with Gasteiger partial charge in [0, 0.05) is 4.88 Å². The van der Waals surface area contributed by atoms with Crippen LogP contribution in [0.25, 0.3) is 0 Å². The fraction of sp³-hybridized carbons (Fsp3) is 0.727. The summed E-state index contributed by atoms with van der Waals surface area (Å²) in [5, 5.41) is 1.11. The molecule has 3 unspecified atom stereocenters. The van der Waals surface area contributed by atoms with E-state index in [1.807, 2.05) is 18.3 Å². The molecule has 2 rings (SSSR count). The Kier molecular flexibility index (Phi) is 2.62. The summed E-state index contributed by atoms with van der Waals surface area (Å²) in [7, 11) is 0. The standard InChI is InChI=1S/C11H18N2S/c1-6-4-7(2)10-9(5-6)13-11(14-10)8(3)12/h6-8H,4-5,12H2,1-3H3. The summed E-state index contributed by atoms with van der Waals surface area (Å²) in [5.74, 6) is 1.46. The van der Waals surface area contributed by atoms with Crippen molar-refractivity contribution in [2.45, 2.75) is 45.6 Å². The summed E-state index contributed by atoms with van der Waals surface area (Å²) in [6.45, 7) is 6.63. The maximum Gasteiger partial charge on any atom is 0.110 e. The van der Waals surface area contributed by atoms with Gasteiger partial charge < -0.3 is 5.73 Å². The van der Waals surface area contributed by atoms with Crippen LogP contribution in [0, 0.1) is 5.92 Å². The second-order valence-electron chi connectivity index (χ2n) is 4.60. The van der Waals surface area contributed by atoms with Crippen LogP contribution in [0.4, 0.5) is 0 Å². The summed E-state index contributed by atoms with van der Waals surface area (Å²) >= 11 is 1.82. The van der Waals surface area contributed by atoms with Crippen LogP contribution in [0.2, 0.25) is 0 Å². The molecule has 0 aliphatic heterocycles. The lowest BCUT2D eigenvalue weighted by molar-refractivity contribution is 0.449. The van der Waals surface area contributed by atoms with Crippen LogP contribution >= 0.6 is 11.3 Å². The maximum atomic E-state index is 5.85. The first kappa shape index (κ1) is 10.1. The fourth-order valence-electron chi connectivity index (χ4n) is 2.23. The van der Waals surface area contributed by atoms with E-state index in [2.05, 4.69) is 18.8 Å². The molecule has 0 spiro atoms. The molecule has 1 aromatic rings. The van der Waals surface area contributed by atoms with Gasteiger partial charge in [-0.05, 0) is 31.6 Å². The van der Waals surface area contributed by atoms with E-state index < -0.39 is 0 Å². The molecule has 0 amide bonds. The number of hydrogen-bond acceptors (Lipinski definition) is 3. The summed E-state index contributed by atoms with van der Waals surface area (Å²) < 4.78 is 0. The lowest BCUT2D eigenvalue weighted by Gasteiger charge is -2.22. The molecule has 0 radical (unpaired) electrons. The SMILES string of the molecule is CC1Cc2nc(C(C)N)sc2C(C)C1. The second kappa shape index (κ2) is 3.63. The van der Waals surface area contributed by atoms with Crippen molar-refractivity contribution in [3.05, 3.63) is 15.6 Å². The Balaban J connectivity index is 2.35. The Morgan fingerprint density at radius 1 is 1.50 bits per heavy atom. The van der Waals surface area contributed by atoms with Gasteiger partial charge in [-0.2, -0.15) is 0 Å². The van der Waals surface area contributed by atoms with Gasteiger partial charge in [-0.15, -0.1) is 11.3 Å². The number of thiazole rings is 1. The highest BCUT2D eigenvalue weighted by Crippen LogP contribution is 2.38. The predicted molar refractivity (Wildman–Crippen MR) is 60.6 cm³/mol. The van der Waals surface area contributed by atoms with Crippen molar-refractivity contribution in [1.82, 2.24) is 4.98 Å². The van der Waals surface area contributed by atoms with Gasteiger partial charge in [0.2, 0.25) is 0 Å². The van der Waals surface area contributed by atoms with Crippen molar-refractivity contribution in [2.24, 2.45) is 11.7 Å². The highest BCUT2D eigenvalue weighted by Gasteiger charge is 2.25. The highest BCUT2D eigenvalue weighted by molar-refractivity contribution is 7.11. The van der Waals surface area contributed by atoms with Gasteiger partial charge in [-0.25, -0.2) is 4.98 Å². The maximum absolute atomic E-state index is 5.85. The number of fused-ring (bicyclic) bond motifs is 1. The van der Waals surface area contributed by atoms with E-state index in [0.29, 0.717) is 5.92 Å². The lowest BCUT2D eigenvalue weighted by atomic mass is 9.86. The Morgan fingerprint density at radius 2 is 2.21 bits per heavy atom. The average Bonchev–Trinajstić information content (AvgIpc) is 2.47. The average molecular weight is 210 g/mol. The van der Waals surface area contributed by atoms with Crippen LogP contribution in [0.1, 0.15) is 54.7 Å². The Hall–Kier alpha value is -0.410. The molecular formula is C11H18N2S. The number of nitrogens with two attached hydrogens (primary N) is 1. The van der Waals surface area contributed by atoms with Crippen LogP contribution in [-0.4, -0.2) is 4.98 Å². The molecule has 0 saturated heterocycles. The quantitative estimate of drug-likeness (QED) is 0.774. The van der Waals surface area contributed by atoms with E-state index in [1.54, 1.807) is 0 Å². The van der Waals surface area contributed by atoms with Crippen LogP contribution < -0.4 is 5.73 Å². The first-order chi connectivity index (χ1) is 6.58. The molecule has 14 heavy (non-hydrogen) atoms. The third-order valence-corrected chi connectivity index (χ3v) is 4.41. The van der Waals surface area contributed by atoms with Crippen molar-refractivity contribution in [3.8, 4) is 0 Å². The summed E-state index contributed by atoms with van der Waals surface area (Å²) in [6.07, 6.45) is 2.44. The molecule has 2 N–H and O–H groups in total. The Labute approximate surface area is 89.5 Å². The predicted octanol–water partition coefficient (Wildman–Crippen LogP) is 2.85. The van der Waals surface area contributed by atoms with Crippen molar-refractivity contribution < 1.29 is 0 Å². The zero-order chi connectivity index (χ0) is 10.3. The molecule has 1 aliphatic carbocycles. The minimum atomic E-state index is 0.0908. The number of nitrogens with zero attached hydrogens (tertiary/aromatic N) is 1. The zero-order valence-electron chi connectivity index (χ0n) is 9.08. The smallest absolute Gasteiger partial charge is 0.110 e. The molecule has 3 heteroatoms. The third kappa shape index (κ3) is 1.71. The van der Waals surface area contributed by atoms with Crippen LogP contribution in [0.3, 0.4) is 0 Å². The van der Waals surface area contributed by atoms with Gasteiger partial charge in [0.05, 0.1) is 11.7 Å². The lowest BCUT2D eigenvalue weighted by Crippen LogP contribution is -2.13. The van der Waals surface area contributed by atoms with E-state index in [-0.39, 0.29) is 6.04 Å². The second-order valence-corrected chi connectivity index (χ2v) is 5.66. The molecule has 1 heterocycles. The zero-order valence-corrected chi connectivity index (χ0v) is 9.90. The third-order valence-electron chi connectivity index (χ3n) is 2.88. The molecular weight excluding hydrogens is 192 g/mol. The summed E-state index contributed by atoms with van der Waals surface area (Å²) in [5.41, 5.74) is 7.17. The van der Waals surface area contributed by atoms with Crippen LogP contribution in [0.15, 0.2) is 0 Å². The molecule has 0 bridgehead atoms. The first-order valence-electron chi connectivity index (χ1n) is 5.33. The molecule has 3 atom stereocenters. The number of aromatic nitrogens is 1. The summed E-state index contributed by atoms with van der Waals surface area (Å²) in [6, 6.07) is 0.0908. The Bertz CT molecular complexity index is 330. The molecule has 0 fully saturated rings. The summed E-state index contributed by atoms with van der Waals surface area (Å²) in [4.78, 5) is 6.13. The van der Waals surface area contributed by atoms with Crippen LogP contribution in [-0.2, 0) is 6.42 Å². The highest BCUT2D eigenvalue weighted by atomic mass is 32.1. The molecule has 2 nitrogen and oxygen atoms in total. The number of hydrogen-bond donors (Lipinski definition) is 1. The van der Waals surface area contributed by atoms with E-state index in [4.69, 9.17) is 5.73 Å². The molecule has 0 saturated carbocycles. The number of rotatable bonds is 1. The molecule has 1 aromatic heterocycles. The monoisotopic (exact) mass is 210 g/mol. The van der Waals surface area contributed by atoms with Crippen LogP contribution in [0.5, 0.6) is 0 Å². The van der Waals surface area contributed by atoms with Crippen molar-refractivity contribution in [1.29, 1.82) is 0 Å². The molecule has 1 aliphatic rings. The van der Waals surface area contributed by atoms with Crippen molar-refractivity contribution >= 4 is 11.3 Å². The topological polar surface area (TPSA) is 38.9 Å². The van der Waals surface area contributed by atoms with Gasteiger partial charge in [-0.3, -0.25) is 0 Å². The minimum Gasteiger partial charge on any atom is -0.322 e. The fourth-order valence-corrected chi connectivity index (χ4v) is 3.34. The molecule has 78 valence electrons. The van der Waals surface area contributed by atoms with E-state index in [9.17, 15) is 0 Å². The van der Waals surface area contributed by atoms with E-state index in [0.717, 1.165) is 17.3 Å². The van der Waals surface area contributed by atoms with E-state index >= 15 is 0 Å². The van der Waals surface area contributed by atoms with Crippen molar-refractivity contribution in [2.75, 3.05) is 0 Å². The van der Waals surface area contributed by atoms with Crippen molar-refractivity contribution in [3.63, 3.8) is 0 Å². The Morgan fingerprint density at radius 3 is 2.86 bits per heavy atom.